The van der Waals surface area contributed by atoms with E-state index in [0.29, 0.717) is 12.8 Å². The fourth-order valence-electron chi connectivity index (χ4n) is 2.81. The maximum absolute atomic E-state index is 12.2. The fourth-order valence-corrected chi connectivity index (χ4v) is 2.81. The van der Waals surface area contributed by atoms with Crippen LogP contribution in [0.15, 0.2) is 30.3 Å². The van der Waals surface area contributed by atoms with Crippen LogP contribution in [0.1, 0.15) is 25.8 Å². The van der Waals surface area contributed by atoms with Gasteiger partial charge in [-0.05, 0) is 25.8 Å². The number of benzene rings is 1. The van der Waals surface area contributed by atoms with Crippen LogP contribution in [0.4, 0.5) is 0 Å². The highest BCUT2D eigenvalue weighted by Crippen LogP contribution is 2.37. The van der Waals surface area contributed by atoms with E-state index in [4.69, 9.17) is 14.2 Å². The second kappa shape index (κ2) is 5.50. The lowest BCUT2D eigenvalue weighted by atomic mass is 10.0. The molecule has 0 amide bonds. The number of fused-ring (bicyclic) bond motifs is 1. The first-order valence-corrected chi connectivity index (χ1v) is 7.22. The summed E-state index contributed by atoms with van der Waals surface area (Å²) in [7, 11) is 0. The monoisotopic (exact) mass is 292 g/mol. The summed E-state index contributed by atoms with van der Waals surface area (Å²) in [5, 5.41) is 10.2. The number of ether oxygens (including phenoxy) is 3. The van der Waals surface area contributed by atoms with Crippen molar-refractivity contribution in [2.75, 3.05) is 0 Å². The quantitative estimate of drug-likeness (QED) is 0.909. The number of carbonyl (C=O) groups is 1. The minimum absolute atomic E-state index is 0.120. The average Bonchev–Trinajstić information content (AvgIpc) is 2.91. The maximum atomic E-state index is 12.2. The Labute approximate surface area is 123 Å². The molecule has 0 bridgehead atoms. The predicted octanol–water partition coefficient (Wildman–Crippen LogP) is 1.43. The van der Waals surface area contributed by atoms with Gasteiger partial charge in [-0.15, -0.1) is 0 Å². The molecule has 114 valence electrons. The molecule has 0 spiro atoms. The Morgan fingerprint density at radius 2 is 1.95 bits per heavy atom. The van der Waals surface area contributed by atoms with E-state index in [-0.39, 0.29) is 5.78 Å². The molecule has 5 heteroatoms. The molecule has 5 nitrogen and oxygen atoms in total. The Hall–Kier alpha value is -1.27. The molecular weight excluding hydrogens is 272 g/mol. The highest BCUT2D eigenvalue weighted by Gasteiger charge is 2.55. The van der Waals surface area contributed by atoms with Gasteiger partial charge in [-0.1, -0.05) is 30.3 Å². The summed E-state index contributed by atoms with van der Waals surface area (Å²) in [6.07, 6.45) is -2.13. The summed E-state index contributed by atoms with van der Waals surface area (Å²) in [5.41, 5.74) is 1.09. The number of Topliss-reactive ketones (excluding diaryl/α,β-unsaturated/α-hetero) is 1. The molecule has 0 aliphatic carbocycles. The van der Waals surface area contributed by atoms with Gasteiger partial charge in [-0.2, -0.15) is 0 Å². The number of hydrogen-bond donors (Lipinski definition) is 1. The van der Waals surface area contributed by atoms with Crippen LogP contribution >= 0.6 is 0 Å². The van der Waals surface area contributed by atoms with Crippen molar-refractivity contribution < 1.29 is 24.1 Å². The van der Waals surface area contributed by atoms with Gasteiger partial charge in [-0.3, -0.25) is 4.79 Å². The zero-order chi connectivity index (χ0) is 15.0. The standard InChI is InChI=1S/C16H20O5/c1-16(2)20-14-12(18)13(19-15(14)21-16)11(17)9-8-10-6-4-3-5-7-10/h3-7,12-15,18H,8-9H2,1-2H3/t12-,13+,14+,15+/m0/s1. The Balaban J connectivity index is 1.57. The number of rotatable bonds is 4. The molecule has 1 aromatic carbocycles. The molecule has 2 saturated heterocycles. The first-order chi connectivity index (χ1) is 9.96. The van der Waals surface area contributed by atoms with Crippen molar-refractivity contribution in [3.63, 3.8) is 0 Å². The van der Waals surface area contributed by atoms with Gasteiger partial charge in [0.25, 0.3) is 0 Å². The Morgan fingerprint density at radius 1 is 1.24 bits per heavy atom. The van der Waals surface area contributed by atoms with Gasteiger partial charge >= 0.3 is 0 Å². The van der Waals surface area contributed by atoms with Crippen LogP contribution in [0.2, 0.25) is 0 Å². The first-order valence-electron chi connectivity index (χ1n) is 7.22. The van der Waals surface area contributed by atoms with Crippen LogP contribution < -0.4 is 0 Å². The molecule has 21 heavy (non-hydrogen) atoms. The van der Waals surface area contributed by atoms with Crippen LogP contribution in [0, 0.1) is 0 Å². The van der Waals surface area contributed by atoms with Crippen molar-refractivity contribution in [2.24, 2.45) is 0 Å². The zero-order valence-corrected chi connectivity index (χ0v) is 12.2. The molecule has 0 radical (unpaired) electrons. The number of aliphatic hydroxyl groups is 1. The van der Waals surface area contributed by atoms with Crippen molar-refractivity contribution in [2.45, 2.75) is 57.1 Å². The van der Waals surface area contributed by atoms with Gasteiger partial charge in [0.1, 0.15) is 18.3 Å². The molecular formula is C16H20O5. The van der Waals surface area contributed by atoms with E-state index in [0.717, 1.165) is 5.56 Å². The summed E-state index contributed by atoms with van der Waals surface area (Å²) < 4.78 is 16.6. The molecule has 1 aromatic rings. The summed E-state index contributed by atoms with van der Waals surface area (Å²) in [4.78, 5) is 12.2. The molecule has 0 aromatic heterocycles. The smallest absolute Gasteiger partial charge is 0.190 e. The second-order valence-corrected chi connectivity index (χ2v) is 5.97. The number of carbonyl (C=O) groups excluding carboxylic acids is 1. The van der Waals surface area contributed by atoms with Gasteiger partial charge in [-0.25, -0.2) is 0 Å². The minimum Gasteiger partial charge on any atom is -0.387 e. The average molecular weight is 292 g/mol. The SMILES string of the molecule is CC1(C)O[C@H]2O[C@H](C(=O)CCc3ccccc3)[C@H](O)[C@H]2O1. The van der Waals surface area contributed by atoms with Crippen LogP contribution in [-0.2, 0) is 25.4 Å². The summed E-state index contributed by atoms with van der Waals surface area (Å²) >= 11 is 0. The van der Waals surface area contributed by atoms with Gasteiger partial charge in [0.05, 0.1) is 0 Å². The van der Waals surface area contributed by atoms with Crippen LogP contribution in [-0.4, -0.2) is 41.3 Å². The molecule has 2 fully saturated rings. The van der Waals surface area contributed by atoms with Crippen molar-refractivity contribution in [3.05, 3.63) is 35.9 Å². The normalized spacial score (nSPS) is 33.9. The van der Waals surface area contributed by atoms with Gasteiger partial charge < -0.3 is 19.3 Å². The molecule has 0 unspecified atom stereocenters. The lowest BCUT2D eigenvalue weighted by Crippen LogP contribution is -2.38. The van der Waals surface area contributed by atoms with Crippen molar-refractivity contribution >= 4 is 5.78 Å². The van der Waals surface area contributed by atoms with Gasteiger partial charge in [0.2, 0.25) is 0 Å². The molecule has 2 aliphatic heterocycles. The fraction of sp³-hybridized carbons (Fsp3) is 0.562. The summed E-state index contributed by atoms with van der Waals surface area (Å²) in [6.45, 7) is 3.52. The zero-order valence-electron chi connectivity index (χ0n) is 12.2. The van der Waals surface area contributed by atoms with Crippen molar-refractivity contribution in [3.8, 4) is 0 Å². The maximum Gasteiger partial charge on any atom is 0.190 e. The second-order valence-electron chi connectivity index (χ2n) is 5.97. The van der Waals surface area contributed by atoms with Crippen molar-refractivity contribution in [1.82, 2.24) is 0 Å². The van der Waals surface area contributed by atoms with E-state index >= 15 is 0 Å². The first kappa shape index (κ1) is 14.7. The summed E-state index contributed by atoms with van der Waals surface area (Å²) in [5.74, 6) is -0.903. The lowest BCUT2D eigenvalue weighted by Gasteiger charge is -2.22. The molecule has 1 N–H and O–H groups in total. The van der Waals surface area contributed by atoms with E-state index in [1.807, 2.05) is 30.3 Å². The number of ketones is 1. The Morgan fingerprint density at radius 3 is 2.62 bits per heavy atom. The third-order valence-electron chi connectivity index (χ3n) is 3.84. The molecule has 0 saturated carbocycles. The minimum atomic E-state index is -0.972. The van der Waals surface area contributed by atoms with Crippen LogP contribution in [0.25, 0.3) is 0 Å². The number of hydrogen-bond acceptors (Lipinski definition) is 5. The molecule has 4 atom stereocenters. The van der Waals surface area contributed by atoms with E-state index in [1.165, 1.54) is 0 Å². The lowest BCUT2D eigenvalue weighted by molar-refractivity contribution is -0.214. The highest BCUT2D eigenvalue weighted by molar-refractivity contribution is 5.84. The molecule has 2 aliphatic rings. The molecule has 3 rings (SSSR count). The summed E-state index contributed by atoms with van der Waals surface area (Å²) in [6, 6.07) is 9.77. The van der Waals surface area contributed by atoms with E-state index in [9.17, 15) is 9.90 Å². The third-order valence-corrected chi connectivity index (χ3v) is 3.84. The molecule has 2 heterocycles. The highest BCUT2D eigenvalue weighted by atomic mass is 16.8. The van der Waals surface area contributed by atoms with Gasteiger partial charge in [0.15, 0.2) is 17.9 Å². The largest absolute Gasteiger partial charge is 0.387 e. The van der Waals surface area contributed by atoms with Crippen LogP contribution in [0.5, 0.6) is 0 Å². The van der Waals surface area contributed by atoms with E-state index in [2.05, 4.69) is 0 Å². The third kappa shape index (κ3) is 3.01. The van der Waals surface area contributed by atoms with E-state index in [1.54, 1.807) is 13.8 Å². The topological polar surface area (TPSA) is 65.0 Å². The van der Waals surface area contributed by atoms with Gasteiger partial charge in [0, 0.05) is 6.42 Å². The number of aliphatic hydroxyl groups excluding tert-OH is 1. The van der Waals surface area contributed by atoms with E-state index < -0.39 is 30.4 Å². The predicted molar refractivity (Wildman–Crippen MR) is 74.5 cm³/mol. The Bertz CT molecular complexity index is 513. The Kier molecular flexibility index (Phi) is 3.84. The van der Waals surface area contributed by atoms with Crippen LogP contribution in [0.3, 0.4) is 0 Å². The number of aryl methyl sites for hydroxylation is 1. The van der Waals surface area contributed by atoms with Crippen molar-refractivity contribution in [1.29, 1.82) is 0 Å².